The van der Waals surface area contributed by atoms with Gasteiger partial charge in [0.15, 0.2) is 0 Å². The fourth-order valence-corrected chi connectivity index (χ4v) is 4.72. The third kappa shape index (κ3) is 4.99. The number of carbonyl (C=O) groups is 3. The zero-order valence-corrected chi connectivity index (χ0v) is 19.5. The topological polar surface area (TPSA) is 105 Å². The van der Waals surface area contributed by atoms with Crippen LogP contribution in [-0.2, 0) is 14.3 Å². The summed E-state index contributed by atoms with van der Waals surface area (Å²) in [5, 5.41) is 13.9. The largest absolute Gasteiger partial charge is 0.481 e. The second-order valence-corrected chi connectivity index (χ2v) is 9.43. The van der Waals surface area contributed by atoms with Crippen molar-refractivity contribution < 1.29 is 33.0 Å². The SMILES string of the molecule is CC(C)C(CC(=O)NCC1C(C(=O)O)C1(F)F)NC(=O)OCC1c2ccccc2-c2ccccc21. The molecule has 2 aliphatic carbocycles. The van der Waals surface area contributed by atoms with Gasteiger partial charge in [0.25, 0.3) is 5.92 Å². The number of carboxylic acids is 1. The fraction of sp³-hybridized carbons (Fsp3) is 0.423. The Balaban J connectivity index is 1.30. The highest BCUT2D eigenvalue weighted by atomic mass is 19.3. The van der Waals surface area contributed by atoms with E-state index >= 15 is 0 Å². The van der Waals surface area contributed by atoms with Crippen LogP contribution < -0.4 is 10.6 Å². The maximum atomic E-state index is 13.5. The molecule has 0 radical (unpaired) electrons. The quantitative estimate of drug-likeness (QED) is 0.497. The molecule has 1 saturated carbocycles. The minimum atomic E-state index is -3.32. The van der Waals surface area contributed by atoms with Gasteiger partial charge in [-0.3, -0.25) is 9.59 Å². The summed E-state index contributed by atoms with van der Waals surface area (Å²) in [6.07, 6.45) is -0.809. The van der Waals surface area contributed by atoms with Gasteiger partial charge in [0.05, 0.1) is 5.92 Å². The molecule has 0 aromatic heterocycles. The number of aliphatic carboxylic acids is 1. The van der Waals surface area contributed by atoms with Crippen LogP contribution in [0.1, 0.15) is 37.3 Å². The molecular formula is C26H28F2N2O5. The molecule has 9 heteroatoms. The second-order valence-electron chi connectivity index (χ2n) is 9.43. The number of halogens is 2. The Kier molecular flexibility index (Phi) is 6.78. The highest BCUT2D eigenvalue weighted by Gasteiger charge is 2.72. The molecule has 0 bridgehead atoms. The first-order valence-electron chi connectivity index (χ1n) is 11.6. The van der Waals surface area contributed by atoms with Crippen molar-refractivity contribution in [1.29, 1.82) is 0 Å². The molecule has 2 amide bonds. The number of rotatable bonds is 9. The Hall–Kier alpha value is -3.49. The molecule has 7 nitrogen and oxygen atoms in total. The van der Waals surface area contributed by atoms with Gasteiger partial charge in [-0.15, -0.1) is 0 Å². The normalized spacial score (nSPS) is 20.5. The third-order valence-electron chi connectivity index (χ3n) is 6.84. The molecule has 0 spiro atoms. The van der Waals surface area contributed by atoms with E-state index in [0.29, 0.717) is 0 Å². The van der Waals surface area contributed by atoms with Crippen molar-refractivity contribution in [3.8, 4) is 11.1 Å². The maximum absolute atomic E-state index is 13.5. The number of nitrogens with one attached hydrogen (secondary N) is 2. The Morgan fingerprint density at radius 1 is 1.03 bits per heavy atom. The van der Waals surface area contributed by atoms with Gasteiger partial charge < -0.3 is 20.5 Å². The van der Waals surface area contributed by atoms with Gasteiger partial charge in [-0.1, -0.05) is 62.4 Å². The van der Waals surface area contributed by atoms with Crippen molar-refractivity contribution >= 4 is 18.0 Å². The number of alkyl halides is 2. The molecule has 0 aliphatic heterocycles. The van der Waals surface area contributed by atoms with Gasteiger partial charge in [0, 0.05) is 24.9 Å². The molecule has 3 atom stereocenters. The van der Waals surface area contributed by atoms with Crippen LogP contribution in [0.5, 0.6) is 0 Å². The standard InChI is InChI=1S/C26H28F2N2O5/c1-14(2)21(11-22(31)29-12-20-23(24(32)33)26(20,27)28)30-25(34)35-13-19-17-9-5-3-7-15(17)16-8-4-6-10-18(16)19/h3-10,14,19-21,23H,11-13H2,1-2H3,(H,29,31)(H,30,34)(H,32,33). The van der Waals surface area contributed by atoms with Crippen LogP contribution >= 0.6 is 0 Å². The average Bonchev–Trinajstić information content (AvgIpc) is 3.23. The van der Waals surface area contributed by atoms with Crippen molar-refractivity contribution in [2.75, 3.05) is 13.2 Å². The summed E-state index contributed by atoms with van der Waals surface area (Å²) < 4.78 is 32.6. The smallest absolute Gasteiger partial charge is 0.407 e. The van der Waals surface area contributed by atoms with E-state index < -0.39 is 48.3 Å². The lowest BCUT2D eigenvalue weighted by molar-refractivity contribution is -0.141. The Labute approximate surface area is 201 Å². The number of carbonyl (C=O) groups excluding carboxylic acids is 2. The molecule has 186 valence electrons. The number of fused-ring (bicyclic) bond motifs is 3. The van der Waals surface area contributed by atoms with E-state index in [4.69, 9.17) is 9.84 Å². The van der Waals surface area contributed by atoms with E-state index in [1.165, 1.54) is 0 Å². The van der Waals surface area contributed by atoms with Crippen molar-refractivity contribution in [3.63, 3.8) is 0 Å². The van der Waals surface area contributed by atoms with Crippen LogP contribution in [0.15, 0.2) is 48.5 Å². The van der Waals surface area contributed by atoms with Gasteiger partial charge in [-0.05, 0) is 28.2 Å². The highest BCUT2D eigenvalue weighted by molar-refractivity contribution is 5.80. The number of ether oxygens (including phenoxy) is 1. The lowest BCUT2D eigenvalue weighted by atomic mass is 9.98. The molecule has 0 heterocycles. The van der Waals surface area contributed by atoms with Gasteiger partial charge in [-0.25, -0.2) is 13.6 Å². The van der Waals surface area contributed by atoms with Crippen molar-refractivity contribution in [2.24, 2.45) is 17.8 Å². The van der Waals surface area contributed by atoms with Gasteiger partial charge >= 0.3 is 12.1 Å². The lowest BCUT2D eigenvalue weighted by Crippen LogP contribution is -2.43. The molecule has 1 fully saturated rings. The predicted molar refractivity (Wildman–Crippen MR) is 124 cm³/mol. The van der Waals surface area contributed by atoms with Crippen LogP contribution in [0, 0.1) is 17.8 Å². The van der Waals surface area contributed by atoms with Crippen molar-refractivity contribution in [2.45, 2.75) is 38.2 Å². The molecule has 2 aromatic carbocycles. The van der Waals surface area contributed by atoms with E-state index in [0.717, 1.165) is 22.3 Å². The minimum absolute atomic E-state index is 0.101. The molecule has 2 aromatic rings. The van der Waals surface area contributed by atoms with Crippen LogP contribution in [0.2, 0.25) is 0 Å². The number of amides is 2. The van der Waals surface area contributed by atoms with E-state index in [9.17, 15) is 23.2 Å². The summed E-state index contributed by atoms with van der Waals surface area (Å²) in [5.74, 6) is -8.87. The molecular weight excluding hydrogens is 458 g/mol. The summed E-state index contributed by atoms with van der Waals surface area (Å²) in [6.45, 7) is 3.33. The van der Waals surface area contributed by atoms with E-state index in [1.807, 2.05) is 62.4 Å². The Morgan fingerprint density at radius 3 is 2.11 bits per heavy atom. The third-order valence-corrected chi connectivity index (χ3v) is 6.84. The summed E-state index contributed by atoms with van der Waals surface area (Å²) in [6, 6.07) is 15.4. The molecule has 3 unspecified atom stereocenters. The van der Waals surface area contributed by atoms with Gasteiger partial charge in [-0.2, -0.15) is 0 Å². The molecule has 0 saturated heterocycles. The van der Waals surface area contributed by atoms with Gasteiger partial charge in [0.2, 0.25) is 5.91 Å². The number of carboxylic acid groups (broad SMARTS) is 1. The Morgan fingerprint density at radius 2 is 1.60 bits per heavy atom. The van der Waals surface area contributed by atoms with E-state index in [-0.39, 0.29) is 24.9 Å². The number of benzene rings is 2. The van der Waals surface area contributed by atoms with Gasteiger partial charge in [0.1, 0.15) is 12.5 Å². The number of hydrogen-bond donors (Lipinski definition) is 3. The van der Waals surface area contributed by atoms with Crippen molar-refractivity contribution in [1.82, 2.24) is 10.6 Å². The summed E-state index contributed by atoms with van der Waals surface area (Å²) in [7, 11) is 0. The van der Waals surface area contributed by atoms with E-state index in [2.05, 4.69) is 10.6 Å². The van der Waals surface area contributed by atoms with Crippen LogP contribution in [0.4, 0.5) is 13.6 Å². The van der Waals surface area contributed by atoms with Crippen molar-refractivity contribution in [3.05, 3.63) is 59.7 Å². The average molecular weight is 487 g/mol. The van der Waals surface area contributed by atoms with Crippen LogP contribution in [-0.4, -0.2) is 48.2 Å². The molecule has 4 rings (SSSR count). The summed E-state index contributed by atoms with van der Waals surface area (Å²) >= 11 is 0. The fourth-order valence-electron chi connectivity index (χ4n) is 4.72. The summed E-state index contributed by atoms with van der Waals surface area (Å²) in [4.78, 5) is 35.7. The summed E-state index contributed by atoms with van der Waals surface area (Å²) in [5.41, 5.74) is 4.39. The minimum Gasteiger partial charge on any atom is -0.481 e. The maximum Gasteiger partial charge on any atom is 0.407 e. The van der Waals surface area contributed by atoms with E-state index in [1.54, 1.807) is 0 Å². The Bertz CT molecular complexity index is 1090. The highest BCUT2D eigenvalue weighted by Crippen LogP contribution is 2.54. The monoisotopic (exact) mass is 486 g/mol. The zero-order valence-electron chi connectivity index (χ0n) is 19.5. The predicted octanol–water partition coefficient (Wildman–Crippen LogP) is 4.02. The lowest BCUT2D eigenvalue weighted by Gasteiger charge is -2.22. The van der Waals surface area contributed by atoms with Crippen LogP contribution in [0.25, 0.3) is 11.1 Å². The first-order chi connectivity index (χ1) is 16.6. The number of alkyl carbamates (subject to hydrolysis) is 1. The zero-order chi connectivity index (χ0) is 25.3. The first-order valence-corrected chi connectivity index (χ1v) is 11.6. The first kappa shape index (κ1) is 24.6. The molecule has 35 heavy (non-hydrogen) atoms. The van der Waals surface area contributed by atoms with Crippen LogP contribution in [0.3, 0.4) is 0 Å². The molecule has 2 aliphatic rings. The second kappa shape index (κ2) is 9.64. The molecule has 3 N–H and O–H groups in total. The number of hydrogen-bond acceptors (Lipinski definition) is 4.